The van der Waals surface area contributed by atoms with E-state index in [9.17, 15) is 5.11 Å². The summed E-state index contributed by atoms with van der Waals surface area (Å²) in [5.74, 6) is 0. The Bertz CT molecular complexity index is 442. The van der Waals surface area contributed by atoms with E-state index < -0.39 is 0 Å². The van der Waals surface area contributed by atoms with Crippen LogP contribution in [0, 0.1) is 0 Å². The fraction of sp³-hybridized carbons (Fsp3) is 0.667. The molecule has 0 amide bonds. The van der Waals surface area contributed by atoms with Crippen LogP contribution in [0.5, 0.6) is 0 Å². The highest BCUT2D eigenvalue weighted by atomic mass is 16.3. The van der Waals surface area contributed by atoms with Crippen LogP contribution in [0.15, 0.2) is 30.3 Å². The molecule has 118 valence electrons. The number of aliphatic hydroxyl groups excluding tert-OH is 1. The van der Waals surface area contributed by atoms with Crippen molar-refractivity contribution in [2.45, 2.75) is 37.1 Å². The zero-order valence-corrected chi connectivity index (χ0v) is 14.0. The van der Waals surface area contributed by atoms with Crippen LogP contribution in [0.3, 0.4) is 0 Å². The predicted molar refractivity (Wildman–Crippen MR) is 88.6 cm³/mol. The lowest BCUT2D eigenvalue weighted by atomic mass is 9.74. The first-order chi connectivity index (χ1) is 9.92. The average molecular weight is 290 g/mol. The van der Waals surface area contributed by atoms with Gasteiger partial charge >= 0.3 is 0 Å². The van der Waals surface area contributed by atoms with Crippen molar-refractivity contribution in [1.82, 2.24) is 9.80 Å². The first-order valence-corrected chi connectivity index (χ1v) is 7.94. The van der Waals surface area contributed by atoms with Crippen molar-refractivity contribution in [2.24, 2.45) is 0 Å². The molecular formula is C18H30N2O. The van der Waals surface area contributed by atoms with Gasteiger partial charge < -0.3 is 14.9 Å². The highest BCUT2D eigenvalue weighted by Gasteiger charge is 2.40. The third kappa shape index (κ3) is 3.47. The van der Waals surface area contributed by atoms with Gasteiger partial charge in [0.05, 0.1) is 6.61 Å². The third-order valence-corrected chi connectivity index (χ3v) is 5.24. The SMILES string of the molecule is CN(CC(C)(CO)c1ccccc1)CC1(N(C)C)CCC1. The van der Waals surface area contributed by atoms with E-state index in [0.717, 1.165) is 13.1 Å². The lowest BCUT2D eigenvalue weighted by Crippen LogP contribution is -2.58. The Labute approximate surface area is 129 Å². The largest absolute Gasteiger partial charge is 0.395 e. The Hall–Kier alpha value is -0.900. The summed E-state index contributed by atoms with van der Waals surface area (Å²) < 4.78 is 0. The van der Waals surface area contributed by atoms with Gasteiger partial charge in [-0.2, -0.15) is 0 Å². The van der Waals surface area contributed by atoms with Gasteiger partial charge in [0.1, 0.15) is 0 Å². The van der Waals surface area contributed by atoms with E-state index >= 15 is 0 Å². The topological polar surface area (TPSA) is 26.7 Å². The van der Waals surface area contributed by atoms with Crippen molar-refractivity contribution in [3.8, 4) is 0 Å². The molecule has 3 heteroatoms. The zero-order chi connectivity index (χ0) is 15.5. The summed E-state index contributed by atoms with van der Waals surface area (Å²) in [5, 5.41) is 9.93. The third-order valence-electron chi connectivity index (χ3n) is 5.24. The molecule has 3 nitrogen and oxygen atoms in total. The molecule has 1 aliphatic rings. The second-order valence-corrected chi connectivity index (χ2v) is 7.23. The quantitative estimate of drug-likeness (QED) is 0.835. The van der Waals surface area contributed by atoms with E-state index in [1.165, 1.54) is 24.8 Å². The molecule has 1 aromatic rings. The molecule has 1 unspecified atom stereocenters. The van der Waals surface area contributed by atoms with Crippen LogP contribution in [0.2, 0.25) is 0 Å². The van der Waals surface area contributed by atoms with E-state index in [1.807, 2.05) is 6.07 Å². The van der Waals surface area contributed by atoms with E-state index in [2.05, 4.69) is 62.1 Å². The van der Waals surface area contributed by atoms with Crippen molar-refractivity contribution in [3.05, 3.63) is 35.9 Å². The molecule has 1 aromatic carbocycles. The maximum atomic E-state index is 9.93. The Morgan fingerprint density at radius 2 is 1.76 bits per heavy atom. The molecule has 0 bridgehead atoms. The van der Waals surface area contributed by atoms with Gasteiger partial charge in [-0.3, -0.25) is 0 Å². The minimum absolute atomic E-state index is 0.177. The number of hydrogen-bond donors (Lipinski definition) is 1. The Morgan fingerprint density at radius 1 is 1.14 bits per heavy atom. The van der Waals surface area contributed by atoms with Gasteiger partial charge in [-0.25, -0.2) is 0 Å². The smallest absolute Gasteiger partial charge is 0.0537 e. The highest BCUT2D eigenvalue weighted by Crippen LogP contribution is 2.37. The van der Waals surface area contributed by atoms with Gasteiger partial charge in [-0.1, -0.05) is 37.3 Å². The lowest BCUT2D eigenvalue weighted by Gasteiger charge is -2.50. The summed E-state index contributed by atoms with van der Waals surface area (Å²) >= 11 is 0. The van der Waals surface area contributed by atoms with E-state index in [-0.39, 0.29) is 12.0 Å². The molecule has 1 N–H and O–H groups in total. The van der Waals surface area contributed by atoms with Crippen molar-refractivity contribution >= 4 is 0 Å². The molecular weight excluding hydrogens is 260 g/mol. The second-order valence-electron chi connectivity index (χ2n) is 7.23. The lowest BCUT2D eigenvalue weighted by molar-refractivity contribution is 0.0191. The number of nitrogens with zero attached hydrogens (tertiary/aromatic N) is 2. The van der Waals surface area contributed by atoms with Crippen LogP contribution < -0.4 is 0 Å². The van der Waals surface area contributed by atoms with Gasteiger partial charge in [0.25, 0.3) is 0 Å². The second kappa shape index (κ2) is 6.47. The van der Waals surface area contributed by atoms with Crippen LogP contribution in [0.25, 0.3) is 0 Å². The average Bonchev–Trinajstić information content (AvgIpc) is 2.43. The maximum absolute atomic E-state index is 9.93. The van der Waals surface area contributed by atoms with Gasteiger partial charge in [-0.05, 0) is 46.0 Å². The monoisotopic (exact) mass is 290 g/mol. The molecule has 2 rings (SSSR count). The molecule has 0 spiro atoms. The Kier molecular flexibility index (Phi) is 5.07. The van der Waals surface area contributed by atoms with Crippen molar-refractivity contribution in [3.63, 3.8) is 0 Å². The van der Waals surface area contributed by atoms with Crippen LogP contribution in [0.1, 0.15) is 31.7 Å². The predicted octanol–water partition coefficient (Wildman–Crippen LogP) is 2.35. The first-order valence-electron chi connectivity index (χ1n) is 7.94. The number of rotatable bonds is 7. The van der Waals surface area contributed by atoms with E-state index in [4.69, 9.17) is 0 Å². The van der Waals surface area contributed by atoms with Gasteiger partial charge in [-0.15, -0.1) is 0 Å². The molecule has 0 aliphatic heterocycles. The standard InChI is InChI=1S/C18H30N2O/c1-17(15-21,16-9-6-5-7-10-16)13-20(4)14-18(19(2)3)11-8-12-18/h5-7,9-10,21H,8,11-15H2,1-4H3. The normalized spacial score (nSPS) is 20.3. The first kappa shape index (κ1) is 16.5. The number of benzene rings is 1. The summed E-state index contributed by atoms with van der Waals surface area (Å²) in [7, 11) is 6.56. The molecule has 1 saturated carbocycles. The van der Waals surface area contributed by atoms with Gasteiger partial charge in [0, 0.05) is 24.0 Å². The minimum atomic E-state index is -0.201. The molecule has 1 atom stereocenters. The minimum Gasteiger partial charge on any atom is -0.395 e. The summed E-state index contributed by atoms with van der Waals surface area (Å²) in [6.07, 6.45) is 3.90. The van der Waals surface area contributed by atoms with Gasteiger partial charge in [0.15, 0.2) is 0 Å². The Morgan fingerprint density at radius 3 is 2.19 bits per heavy atom. The molecule has 1 fully saturated rings. The molecule has 0 saturated heterocycles. The molecule has 1 aliphatic carbocycles. The fourth-order valence-corrected chi connectivity index (χ4v) is 3.56. The van der Waals surface area contributed by atoms with Crippen LogP contribution in [0.4, 0.5) is 0 Å². The number of aliphatic hydroxyl groups is 1. The van der Waals surface area contributed by atoms with Crippen molar-refractivity contribution in [1.29, 1.82) is 0 Å². The highest BCUT2D eigenvalue weighted by molar-refractivity contribution is 5.25. The molecule has 0 aromatic heterocycles. The van der Waals surface area contributed by atoms with Crippen molar-refractivity contribution < 1.29 is 5.11 Å². The zero-order valence-electron chi connectivity index (χ0n) is 14.0. The van der Waals surface area contributed by atoms with Crippen LogP contribution in [-0.2, 0) is 5.41 Å². The summed E-state index contributed by atoms with van der Waals surface area (Å²) in [6, 6.07) is 10.4. The van der Waals surface area contributed by atoms with Crippen LogP contribution in [-0.4, -0.2) is 61.3 Å². The maximum Gasteiger partial charge on any atom is 0.0537 e. The summed E-state index contributed by atoms with van der Waals surface area (Å²) in [5.41, 5.74) is 1.35. The summed E-state index contributed by atoms with van der Waals surface area (Å²) in [6.45, 7) is 4.28. The molecule has 21 heavy (non-hydrogen) atoms. The molecule has 0 heterocycles. The number of likely N-dealkylation sites (N-methyl/N-ethyl adjacent to an activating group) is 2. The van der Waals surface area contributed by atoms with Crippen molar-refractivity contribution in [2.75, 3.05) is 40.8 Å². The Balaban J connectivity index is 2.05. The number of hydrogen-bond acceptors (Lipinski definition) is 3. The van der Waals surface area contributed by atoms with E-state index in [0.29, 0.717) is 5.54 Å². The molecule has 0 radical (unpaired) electrons. The van der Waals surface area contributed by atoms with Crippen LogP contribution >= 0.6 is 0 Å². The summed E-state index contributed by atoms with van der Waals surface area (Å²) in [4.78, 5) is 4.77. The van der Waals surface area contributed by atoms with E-state index in [1.54, 1.807) is 0 Å². The van der Waals surface area contributed by atoms with Gasteiger partial charge in [0.2, 0.25) is 0 Å². The fourth-order valence-electron chi connectivity index (χ4n) is 3.56.